The summed E-state index contributed by atoms with van der Waals surface area (Å²) < 4.78 is 7.55. The van der Waals surface area contributed by atoms with Crippen molar-refractivity contribution in [3.8, 4) is 0 Å². The highest BCUT2D eigenvalue weighted by Crippen LogP contribution is 2.30. The summed E-state index contributed by atoms with van der Waals surface area (Å²) in [5.74, 6) is 0.573. The predicted molar refractivity (Wildman–Crippen MR) is 106 cm³/mol. The third-order valence-electron chi connectivity index (χ3n) is 4.56. The van der Waals surface area contributed by atoms with Crippen molar-refractivity contribution in [3.05, 3.63) is 82.2 Å². The lowest BCUT2D eigenvalue weighted by Crippen LogP contribution is -2.16. The number of anilines is 1. The number of carbonyl (C=O) groups excluding carboxylic acids is 1. The highest BCUT2D eigenvalue weighted by atomic mass is 35.5. The van der Waals surface area contributed by atoms with Crippen molar-refractivity contribution in [2.75, 3.05) is 5.32 Å². The minimum absolute atomic E-state index is 0.277. The quantitative estimate of drug-likeness (QED) is 0.530. The Hall–Kier alpha value is -3.05. The van der Waals surface area contributed by atoms with E-state index in [0.717, 1.165) is 22.1 Å². The van der Waals surface area contributed by atoms with Gasteiger partial charge in [-0.05, 0) is 37.1 Å². The van der Waals surface area contributed by atoms with E-state index in [4.69, 9.17) is 16.0 Å². The summed E-state index contributed by atoms with van der Waals surface area (Å²) in [6.45, 7) is 4.33. The van der Waals surface area contributed by atoms with E-state index in [1.807, 2.05) is 56.3 Å². The third kappa shape index (κ3) is 3.34. The maximum absolute atomic E-state index is 12.8. The molecular formula is C21H18ClN3O2. The first kappa shape index (κ1) is 17.4. The van der Waals surface area contributed by atoms with E-state index in [9.17, 15) is 4.79 Å². The van der Waals surface area contributed by atoms with Gasteiger partial charge in [0.2, 0.25) is 0 Å². The largest absolute Gasteiger partial charge is 0.451 e. The molecule has 2 aromatic heterocycles. The monoisotopic (exact) mass is 379 g/mol. The van der Waals surface area contributed by atoms with Gasteiger partial charge in [-0.25, -0.2) is 4.68 Å². The fraction of sp³-hybridized carbons (Fsp3) is 0.143. The third-order valence-corrected chi connectivity index (χ3v) is 4.96. The molecule has 2 heterocycles. The number of hydrogen-bond donors (Lipinski definition) is 1. The number of rotatable bonds is 4. The number of nitrogens with one attached hydrogen (secondary N) is 1. The summed E-state index contributed by atoms with van der Waals surface area (Å²) >= 11 is 6.21. The van der Waals surface area contributed by atoms with E-state index < -0.39 is 0 Å². The lowest BCUT2D eigenvalue weighted by atomic mass is 10.1. The number of furan rings is 1. The van der Waals surface area contributed by atoms with Crippen LogP contribution in [0.4, 0.5) is 5.82 Å². The fourth-order valence-electron chi connectivity index (χ4n) is 3.05. The van der Waals surface area contributed by atoms with Gasteiger partial charge in [0.15, 0.2) is 5.76 Å². The Labute approximate surface area is 161 Å². The number of aromatic nitrogens is 2. The number of fused-ring (bicyclic) bond motifs is 1. The van der Waals surface area contributed by atoms with E-state index >= 15 is 0 Å². The molecule has 2 aromatic carbocycles. The van der Waals surface area contributed by atoms with E-state index in [-0.39, 0.29) is 11.7 Å². The van der Waals surface area contributed by atoms with Gasteiger partial charge in [0.25, 0.3) is 5.91 Å². The van der Waals surface area contributed by atoms with E-state index in [0.29, 0.717) is 23.0 Å². The maximum Gasteiger partial charge on any atom is 0.292 e. The Morgan fingerprint density at radius 2 is 1.96 bits per heavy atom. The highest BCUT2D eigenvalue weighted by Gasteiger charge is 2.20. The molecule has 0 bridgehead atoms. The van der Waals surface area contributed by atoms with Crippen molar-refractivity contribution in [1.82, 2.24) is 9.78 Å². The van der Waals surface area contributed by atoms with E-state index in [2.05, 4.69) is 10.4 Å². The van der Waals surface area contributed by atoms with Gasteiger partial charge in [0.05, 0.1) is 12.7 Å². The second-order valence-corrected chi connectivity index (χ2v) is 6.87. The lowest BCUT2D eigenvalue weighted by Gasteiger charge is -2.08. The van der Waals surface area contributed by atoms with Gasteiger partial charge in [0, 0.05) is 22.0 Å². The molecule has 0 aliphatic carbocycles. The molecule has 0 unspecified atom stereocenters. The van der Waals surface area contributed by atoms with E-state index in [1.165, 1.54) is 0 Å². The Balaban J connectivity index is 1.61. The maximum atomic E-state index is 12.8. The van der Waals surface area contributed by atoms with Crippen molar-refractivity contribution in [2.24, 2.45) is 0 Å². The molecule has 1 N–H and O–H groups in total. The Morgan fingerprint density at radius 3 is 2.74 bits per heavy atom. The minimum Gasteiger partial charge on any atom is -0.451 e. The Kier molecular flexibility index (Phi) is 4.46. The van der Waals surface area contributed by atoms with Crippen molar-refractivity contribution < 1.29 is 9.21 Å². The predicted octanol–water partition coefficient (Wildman–Crippen LogP) is 5.20. The first-order valence-electron chi connectivity index (χ1n) is 8.59. The SMILES string of the molecule is Cc1cc2oc(C(=O)Nc3ccnn3Cc3ccccc3)c(C)c2cc1Cl. The number of hydrogen-bond acceptors (Lipinski definition) is 3. The average Bonchev–Trinajstić information content (AvgIpc) is 3.21. The molecule has 1 amide bonds. The first-order chi connectivity index (χ1) is 13.0. The van der Waals surface area contributed by atoms with Crippen LogP contribution in [0.3, 0.4) is 0 Å². The number of amides is 1. The molecular weight excluding hydrogens is 362 g/mol. The number of benzene rings is 2. The average molecular weight is 380 g/mol. The normalized spacial score (nSPS) is 11.1. The summed E-state index contributed by atoms with van der Waals surface area (Å²) in [6, 6.07) is 15.4. The number of halogens is 1. The number of aryl methyl sites for hydroxylation is 2. The van der Waals surface area contributed by atoms with Gasteiger partial charge < -0.3 is 9.73 Å². The van der Waals surface area contributed by atoms with Crippen LogP contribution in [0.5, 0.6) is 0 Å². The first-order valence-corrected chi connectivity index (χ1v) is 8.97. The summed E-state index contributed by atoms with van der Waals surface area (Å²) in [6.07, 6.45) is 1.66. The lowest BCUT2D eigenvalue weighted by molar-refractivity contribution is 0.0997. The molecule has 5 nitrogen and oxygen atoms in total. The molecule has 0 atom stereocenters. The van der Waals surface area contributed by atoms with Crippen molar-refractivity contribution in [3.63, 3.8) is 0 Å². The molecule has 0 saturated heterocycles. The molecule has 4 aromatic rings. The molecule has 0 radical (unpaired) electrons. The molecule has 4 rings (SSSR count). The minimum atomic E-state index is -0.313. The Bertz CT molecular complexity index is 1130. The van der Waals surface area contributed by atoms with Gasteiger partial charge >= 0.3 is 0 Å². The summed E-state index contributed by atoms with van der Waals surface area (Å²) in [7, 11) is 0. The van der Waals surface area contributed by atoms with Gasteiger partial charge in [-0.1, -0.05) is 41.9 Å². The van der Waals surface area contributed by atoms with Crippen LogP contribution in [0, 0.1) is 13.8 Å². The van der Waals surface area contributed by atoms with Crippen LogP contribution in [0.15, 0.2) is 59.1 Å². The topological polar surface area (TPSA) is 60.1 Å². The molecule has 0 aliphatic heterocycles. The summed E-state index contributed by atoms with van der Waals surface area (Å²) in [5.41, 5.74) is 3.42. The van der Waals surface area contributed by atoms with Crippen LogP contribution in [-0.2, 0) is 6.54 Å². The van der Waals surface area contributed by atoms with E-state index in [1.54, 1.807) is 16.9 Å². The molecule has 0 fully saturated rings. The molecule has 0 spiro atoms. The van der Waals surface area contributed by atoms with Crippen LogP contribution in [-0.4, -0.2) is 15.7 Å². The van der Waals surface area contributed by atoms with Crippen LogP contribution in [0.1, 0.15) is 27.2 Å². The Morgan fingerprint density at radius 1 is 1.19 bits per heavy atom. The van der Waals surface area contributed by atoms with Gasteiger partial charge in [-0.15, -0.1) is 0 Å². The molecule has 136 valence electrons. The zero-order valence-corrected chi connectivity index (χ0v) is 15.7. The van der Waals surface area contributed by atoms with Crippen LogP contribution in [0.25, 0.3) is 11.0 Å². The standard InChI is InChI=1S/C21H18ClN3O2/c1-13-10-18-16(11-17(13)22)14(2)20(27-18)21(26)24-19-8-9-23-25(19)12-15-6-4-3-5-7-15/h3-11H,12H2,1-2H3,(H,24,26). The highest BCUT2D eigenvalue weighted by molar-refractivity contribution is 6.32. The van der Waals surface area contributed by atoms with Gasteiger partial charge in [-0.2, -0.15) is 5.10 Å². The van der Waals surface area contributed by atoms with Gasteiger partial charge in [0.1, 0.15) is 11.4 Å². The second kappa shape index (κ2) is 6.93. The second-order valence-electron chi connectivity index (χ2n) is 6.47. The molecule has 27 heavy (non-hydrogen) atoms. The van der Waals surface area contributed by atoms with Crippen LogP contribution in [0.2, 0.25) is 5.02 Å². The number of nitrogens with zero attached hydrogens (tertiary/aromatic N) is 2. The van der Waals surface area contributed by atoms with Crippen molar-refractivity contribution in [1.29, 1.82) is 0 Å². The fourth-order valence-corrected chi connectivity index (χ4v) is 3.22. The van der Waals surface area contributed by atoms with Gasteiger partial charge in [-0.3, -0.25) is 4.79 Å². The smallest absolute Gasteiger partial charge is 0.292 e. The number of carbonyl (C=O) groups is 1. The van der Waals surface area contributed by atoms with Crippen molar-refractivity contribution in [2.45, 2.75) is 20.4 Å². The summed E-state index contributed by atoms with van der Waals surface area (Å²) in [5, 5.41) is 8.69. The zero-order valence-electron chi connectivity index (χ0n) is 15.0. The zero-order chi connectivity index (χ0) is 19.0. The molecule has 6 heteroatoms. The van der Waals surface area contributed by atoms with Crippen molar-refractivity contribution >= 4 is 34.3 Å². The van der Waals surface area contributed by atoms with Crippen LogP contribution >= 0.6 is 11.6 Å². The summed E-state index contributed by atoms with van der Waals surface area (Å²) in [4.78, 5) is 12.8. The van der Waals surface area contributed by atoms with Crippen LogP contribution < -0.4 is 5.32 Å². The molecule has 0 saturated carbocycles. The molecule has 0 aliphatic rings.